The van der Waals surface area contributed by atoms with E-state index >= 15 is 0 Å². The van der Waals surface area contributed by atoms with Crippen LogP contribution in [-0.4, -0.2) is 30.4 Å². The first-order valence-corrected chi connectivity index (χ1v) is 10.5. The molecular weight excluding hydrogens is 338 g/mol. The summed E-state index contributed by atoms with van der Waals surface area (Å²) < 4.78 is 5.01. The van der Waals surface area contributed by atoms with Crippen molar-refractivity contribution in [3.05, 3.63) is 34.9 Å². The largest absolute Gasteiger partial charge is 0.465 e. The first kappa shape index (κ1) is 19.9. The number of esters is 1. The third kappa shape index (κ3) is 4.53. The Bertz CT molecular complexity index is 678. The summed E-state index contributed by atoms with van der Waals surface area (Å²) >= 11 is 0. The highest BCUT2D eigenvalue weighted by Gasteiger charge is 2.29. The van der Waals surface area contributed by atoms with Crippen molar-refractivity contribution >= 4 is 11.9 Å². The number of hydrogen-bond acceptors (Lipinski definition) is 3. The molecule has 1 saturated carbocycles. The highest BCUT2D eigenvalue weighted by Crippen LogP contribution is 2.38. The first-order chi connectivity index (χ1) is 13.0. The molecule has 1 aliphatic heterocycles. The van der Waals surface area contributed by atoms with Crippen molar-refractivity contribution in [1.29, 1.82) is 0 Å². The number of nitrogens with zero attached hydrogens (tertiary/aromatic N) is 1. The molecule has 148 valence electrons. The molecule has 1 amide bonds. The van der Waals surface area contributed by atoms with Crippen LogP contribution in [0.4, 0.5) is 0 Å². The van der Waals surface area contributed by atoms with Gasteiger partial charge in [-0.2, -0.15) is 0 Å². The van der Waals surface area contributed by atoms with Gasteiger partial charge in [-0.05, 0) is 67.2 Å². The van der Waals surface area contributed by atoms with Gasteiger partial charge in [0.05, 0.1) is 18.7 Å². The normalized spacial score (nSPS) is 22.3. The van der Waals surface area contributed by atoms with E-state index in [0.717, 1.165) is 31.4 Å². The fourth-order valence-electron chi connectivity index (χ4n) is 4.93. The van der Waals surface area contributed by atoms with Gasteiger partial charge in [-0.3, -0.25) is 4.79 Å². The van der Waals surface area contributed by atoms with Crippen molar-refractivity contribution in [3.63, 3.8) is 0 Å². The van der Waals surface area contributed by atoms with Crippen LogP contribution in [0.25, 0.3) is 0 Å². The summed E-state index contributed by atoms with van der Waals surface area (Å²) in [6, 6.07) is 6.26. The first-order valence-electron chi connectivity index (χ1n) is 10.5. The Balaban J connectivity index is 1.97. The molecule has 2 aliphatic rings. The Labute approximate surface area is 163 Å². The molecule has 1 saturated heterocycles. The molecule has 27 heavy (non-hydrogen) atoms. The van der Waals surface area contributed by atoms with Crippen LogP contribution in [-0.2, 0) is 9.53 Å². The van der Waals surface area contributed by atoms with Gasteiger partial charge in [0.15, 0.2) is 0 Å². The molecule has 2 fully saturated rings. The van der Waals surface area contributed by atoms with Crippen LogP contribution in [0.5, 0.6) is 0 Å². The zero-order valence-corrected chi connectivity index (χ0v) is 17.0. The second-order valence-corrected chi connectivity index (χ2v) is 8.29. The molecular formula is C23H33NO3. The van der Waals surface area contributed by atoms with E-state index in [2.05, 4.69) is 13.0 Å². The Morgan fingerprint density at radius 1 is 1.04 bits per heavy atom. The second kappa shape index (κ2) is 8.90. The number of hydrogen-bond donors (Lipinski definition) is 0. The molecule has 4 nitrogen and oxygen atoms in total. The summed E-state index contributed by atoms with van der Waals surface area (Å²) in [5.41, 5.74) is 2.92. The third-order valence-electron chi connectivity index (χ3n) is 6.57. The molecule has 4 heteroatoms. The fraction of sp³-hybridized carbons (Fsp3) is 0.652. The summed E-state index contributed by atoms with van der Waals surface area (Å²) in [5, 5.41) is 0. The molecule has 3 rings (SSSR count). The fourth-order valence-corrected chi connectivity index (χ4v) is 4.93. The minimum atomic E-state index is -0.292. The molecule has 1 aliphatic carbocycles. The standard InChI is InChI=1S/C23H33NO3/c1-16(18-9-5-4-6-10-18)19-13-20(15-21(14-19)23(26)27-3)22-11-7-8-12-24(22)17(2)25/h13-16,18,22H,4-12H2,1-3H3. The summed E-state index contributed by atoms with van der Waals surface area (Å²) in [6.07, 6.45) is 9.61. The highest BCUT2D eigenvalue weighted by molar-refractivity contribution is 5.90. The monoisotopic (exact) mass is 371 g/mol. The van der Waals surface area contributed by atoms with Crippen molar-refractivity contribution in [2.24, 2.45) is 5.92 Å². The Morgan fingerprint density at radius 2 is 1.74 bits per heavy atom. The van der Waals surface area contributed by atoms with Gasteiger partial charge >= 0.3 is 5.97 Å². The lowest BCUT2D eigenvalue weighted by atomic mass is 9.77. The van der Waals surface area contributed by atoms with E-state index in [-0.39, 0.29) is 17.9 Å². The van der Waals surface area contributed by atoms with Crippen LogP contribution in [0.3, 0.4) is 0 Å². The molecule has 0 N–H and O–H groups in total. The van der Waals surface area contributed by atoms with Gasteiger partial charge in [-0.25, -0.2) is 4.79 Å². The average Bonchev–Trinajstić information content (AvgIpc) is 2.72. The number of ether oxygens (including phenoxy) is 1. The second-order valence-electron chi connectivity index (χ2n) is 8.29. The smallest absolute Gasteiger partial charge is 0.337 e. The maximum absolute atomic E-state index is 12.3. The van der Waals surface area contributed by atoms with Crippen LogP contribution >= 0.6 is 0 Å². The van der Waals surface area contributed by atoms with E-state index in [1.165, 1.54) is 44.8 Å². The lowest BCUT2D eigenvalue weighted by Crippen LogP contribution is -2.37. The van der Waals surface area contributed by atoms with Gasteiger partial charge in [0.2, 0.25) is 5.91 Å². The highest BCUT2D eigenvalue weighted by atomic mass is 16.5. The number of carbonyl (C=O) groups is 2. The molecule has 2 atom stereocenters. The van der Waals surface area contributed by atoms with Crippen LogP contribution in [0, 0.1) is 5.92 Å². The van der Waals surface area contributed by atoms with Crippen molar-refractivity contribution in [2.75, 3.05) is 13.7 Å². The van der Waals surface area contributed by atoms with Crippen LogP contribution in [0.15, 0.2) is 18.2 Å². The molecule has 2 unspecified atom stereocenters. The lowest BCUT2D eigenvalue weighted by Gasteiger charge is -2.36. The minimum Gasteiger partial charge on any atom is -0.465 e. The maximum atomic E-state index is 12.3. The van der Waals surface area contributed by atoms with Gasteiger partial charge in [-0.1, -0.05) is 32.3 Å². The van der Waals surface area contributed by atoms with E-state index in [1.807, 2.05) is 17.0 Å². The Morgan fingerprint density at radius 3 is 2.41 bits per heavy atom. The number of carbonyl (C=O) groups excluding carboxylic acids is 2. The topological polar surface area (TPSA) is 46.6 Å². The van der Waals surface area contributed by atoms with Crippen molar-refractivity contribution in [1.82, 2.24) is 4.90 Å². The van der Waals surface area contributed by atoms with Gasteiger partial charge < -0.3 is 9.64 Å². The Kier molecular flexibility index (Phi) is 6.56. The SMILES string of the molecule is COC(=O)c1cc(C(C)C2CCCCC2)cc(C2CCCCN2C(C)=O)c1. The average molecular weight is 372 g/mol. The van der Waals surface area contributed by atoms with Crippen LogP contribution in [0.2, 0.25) is 0 Å². The zero-order chi connectivity index (χ0) is 19.4. The summed E-state index contributed by atoms with van der Waals surface area (Å²) in [6.45, 7) is 4.74. The molecule has 0 radical (unpaired) electrons. The van der Waals surface area contributed by atoms with Gasteiger partial charge in [-0.15, -0.1) is 0 Å². The van der Waals surface area contributed by atoms with E-state index in [1.54, 1.807) is 6.92 Å². The van der Waals surface area contributed by atoms with E-state index in [4.69, 9.17) is 4.74 Å². The van der Waals surface area contributed by atoms with E-state index in [0.29, 0.717) is 17.4 Å². The molecule has 0 spiro atoms. The predicted molar refractivity (Wildman–Crippen MR) is 107 cm³/mol. The number of piperidine rings is 1. The lowest BCUT2D eigenvalue weighted by molar-refractivity contribution is -0.132. The molecule has 1 aromatic carbocycles. The van der Waals surface area contributed by atoms with Gasteiger partial charge in [0, 0.05) is 13.5 Å². The molecule has 1 aromatic rings. The predicted octanol–water partition coefficient (Wildman–Crippen LogP) is 5.23. The van der Waals surface area contributed by atoms with Crippen molar-refractivity contribution in [3.8, 4) is 0 Å². The van der Waals surface area contributed by atoms with Crippen LogP contribution in [0.1, 0.15) is 98.7 Å². The number of amides is 1. The van der Waals surface area contributed by atoms with E-state index < -0.39 is 0 Å². The minimum absolute atomic E-state index is 0.0677. The number of likely N-dealkylation sites (tertiary alicyclic amines) is 1. The zero-order valence-electron chi connectivity index (χ0n) is 17.0. The molecule has 1 heterocycles. The third-order valence-corrected chi connectivity index (χ3v) is 6.57. The number of rotatable bonds is 4. The van der Waals surface area contributed by atoms with Crippen molar-refractivity contribution in [2.45, 2.75) is 77.2 Å². The molecule has 0 bridgehead atoms. The quantitative estimate of drug-likeness (QED) is 0.681. The van der Waals surface area contributed by atoms with Gasteiger partial charge in [0.25, 0.3) is 0 Å². The molecule has 0 aromatic heterocycles. The number of benzene rings is 1. The van der Waals surface area contributed by atoms with Crippen molar-refractivity contribution < 1.29 is 14.3 Å². The maximum Gasteiger partial charge on any atom is 0.337 e. The summed E-state index contributed by atoms with van der Waals surface area (Å²) in [4.78, 5) is 26.4. The van der Waals surface area contributed by atoms with Crippen LogP contribution < -0.4 is 0 Å². The van der Waals surface area contributed by atoms with E-state index in [9.17, 15) is 9.59 Å². The number of methoxy groups -OCH3 is 1. The summed E-state index contributed by atoms with van der Waals surface area (Å²) in [7, 11) is 1.43. The summed E-state index contributed by atoms with van der Waals surface area (Å²) in [5.74, 6) is 0.918. The Hall–Kier alpha value is -1.84. The van der Waals surface area contributed by atoms with Gasteiger partial charge in [0.1, 0.15) is 0 Å².